The van der Waals surface area contributed by atoms with Gasteiger partial charge in [-0.15, -0.1) is 0 Å². The highest BCUT2D eigenvalue weighted by Gasteiger charge is 2.30. The summed E-state index contributed by atoms with van der Waals surface area (Å²) >= 11 is 0. The fourth-order valence-corrected chi connectivity index (χ4v) is 3.76. The third kappa shape index (κ3) is 4.09. The Hall–Kier alpha value is -4.21. The van der Waals surface area contributed by atoms with Gasteiger partial charge in [-0.05, 0) is 36.8 Å². The van der Waals surface area contributed by atoms with Crippen molar-refractivity contribution in [3.63, 3.8) is 0 Å². The van der Waals surface area contributed by atoms with Crippen LogP contribution < -0.4 is 4.74 Å². The third-order valence-electron chi connectivity index (χ3n) is 5.36. The molecule has 0 spiro atoms. The molecule has 0 unspecified atom stereocenters. The number of benzene rings is 2. The highest BCUT2D eigenvalue weighted by Crippen LogP contribution is 2.32. The van der Waals surface area contributed by atoms with Crippen LogP contribution in [0.4, 0.5) is 13.2 Å². The second-order valence-corrected chi connectivity index (χ2v) is 7.76. The summed E-state index contributed by atoms with van der Waals surface area (Å²) in [6.07, 6.45) is 2.70. The lowest BCUT2D eigenvalue weighted by Gasteiger charge is -2.10. The highest BCUT2D eigenvalue weighted by molar-refractivity contribution is 5.73. The number of rotatable bonds is 5. The maximum absolute atomic E-state index is 13.2. The molecule has 0 saturated carbocycles. The molecule has 3 aromatic heterocycles. The van der Waals surface area contributed by atoms with Crippen LogP contribution in [-0.4, -0.2) is 36.2 Å². The Bertz CT molecular complexity index is 1490. The zero-order valence-corrected chi connectivity index (χ0v) is 18.3. The molecule has 0 N–H and O–H groups in total. The largest absolute Gasteiger partial charge is 0.495 e. The summed E-state index contributed by atoms with van der Waals surface area (Å²) in [5.74, 6) is 1.18. The first-order chi connectivity index (χ1) is 16.3. The van der Waals surface area contributed by atoms with Gasteiger partial charge in [0, 0.05) is 30.6 Å². The molecule has 0 fully saturated rings. The lowest BCUT2D eigenvalue weighted by molar-refractivity contribution is -0.137. The van der Waals surface area contributed by atoms with Gasteiger partial charge in [0.2, 0.25) is 0 Å². The van der Waals surface area contributed by atoms with Crippen molar-refractivity contribution in [3.05, 3.63) is 90.0 Å². The lowest BCUT2D eigenvalue weighted by atomic mass is 10.1. The maximum atomic E-state index is 13.2. The summed E-state index contributed by atoms with van der Waals surface area (Å²) in [4.78, 5) is 13.1. The van der Waals surface area contributed by atoms with Crippen LogP contribution in [0, 0.1) is 6.92 Å². The standard InChI is InChI=1S/C24H19F3N6O/c1-15-13-32(14-29-15)19-7-6-16(10-20(19)34-2)11-21-30-23-22(28-8-9-33(23)31-21)17-4-3-5-18(12-17)24(25,26)27/h3-10,12-14H,11H2,1-2H3. The number of fused-ring (bicyclic) bond motifs is 1. The Morgan fingerprint density at radius 2 is 1.91 bits per heavy atom. The van der Waals surface area contributed by atoms with Crippen molar-refractivity contribution in [2.24, 2.45) is 0 Å². The molecular weight excluding hydrogens is 445 g/mol. The number of ether oxygens (including phenoxy) is 1. The molecule has 0 aliphatic rings. The van der Waals surface area contributed by atoms with Gasteiger partial charge in [0.05, 0.1) is 30.4 Å². The molecule has 10 heteroatoms. The predicted octanol–water partition coefficient (Wildman–Crippen LogP) is 4.90. The highest BCUT2D eigenvalue weighted by atomic mass is 19.4. The van der Waals surface area contributed by atoms with Crippen molar-refractivity contribution in [3.8, 4) is 22.7 Å². The van der Waals surface area contributed by atoms with Crippen LogP contribution in [0.2, 0.25) is 0 Å². The molecule has 3 heterocycles. The number of hydrogen-bond donors (Lipinski definition) is 0. The van der Waals surface area contributed by atoms with Gasteiger partial charge in [0.25, 0.3) is 0 Å². The van der Waals surface area contributed by atoms with E-state index in [1.165, 1.54) is 16.8 Å². The lowest BCUT2D eigenvalue weighted by Crippen LogP contribution is -2.04. The minimum atomic E-state index is -4.44. The van der Waals surface area contributed by atoms with E-state index < -0.39 is 11.7 Å². The van der Waals surface area contributed by atoms with E-state index in [2.05, 4.69) is 20.1 Å². The molecule has 0 bridgehead atoms. The van der Waals surface area contributed by atoms with Crippen molar-refractivity contribution < 1.29 is 17.9 Å². The fraction of sp³-hybridized carbons (Fsp3) is 0.167. The van der Waals surface area contributed by atoms with E-state index in [0.29, 0.717) is 34.9 Å². The van der Waals surface area contributed by atoms with E-state index in [0.717, 1.165) is 29.1 Å². The van der Waals surface area contributed by atoms with Crippen LogP contribution in [-0.2, 0) is 12.6 Å². The van der Waals surface area contributed by atoms with Crippen LogP contribution in [0.1, 0.15) is 22.6 Å². The number of halogens is 3. The average molecular weight is 464 g/mol. The van der Waals surface area contributed by atoms with Crippen LogP contribution in [0.5, 0.6) is 5.75 Å². The van der Waals surface area contributed by atoms with Gasteiger partial charge in [-0.25, -0.2) is 14.5 Å². The first-order valence-electron chi connectivity index (χ1n) is 10.4. The van der Waals surface area contributed by atoms with Crippen molar-refractivity contribution >= 4 is 5.65 Å². The summed E-state index contributed by atoms with van der Waals surface area (Å²) in [7, 11) is 1.60. The minimum Gasteiger partial charge on any atom is -0.495 e. The zero-order valence-electron chi connectivity index (χ0n) is 18.3. The van der Waals surface area contributed by atoms with E-state index in [1.54, 1.807) is 25.7 Å². The number of aryl methyl sites for hydroxylation is 1. The third-order valence-corrected chi connectivity index (χ3v) is 5.36. The molecule has 172 valence electrons. The molecule has 2 aromatic carbocycles. The Morgan fingerprint density at radius 3 is 2.65 bits per heavy atom. The number of aromatic nitrogens is 6. The monoisotopic (exact) mass is 464 g/mol. The molecule has 5 rings (SSSR count). The molecule has 5 aromatic rings. The first kappa shape index (κ1) is 21.6. The molecular formula is C24H19F3N6O. The zero-order chi connectivity index (χ0) is 23.9. The van der Waals surface area contributed by atoms with Gasteiger partial charge < -0.3 is 9.30 Å². The van der Waals surface area contributed by atoms with Gasteiger partial charge in [0.1, 0.15) is 11.4 Å². The average Bonchev–Trinajstić information content (AvgIpc) is 3.44. The van der Waals surface area contributed by atoms with E-state index in [-0.39, 0.29) is 0 Å². The molecule has 34 heavy (non-hydrogen) atoms. The summed E-state index contributed by atoms with van der Waals surface area (Å²) in [6, 6.07) is 10.8. The topological polar surface area (TPSA) is 70.1 Å². The quantitative estimate of drug-likeness (QED) is 0.370. The number of hydrogen-bond acceptors (Lipinski definition) is 5. The molecule has 0 radical (unpaired) electrons. The predicted molar refractivity (Wildman–Crippen MR) is 119 cm³/mol. The van der Waals surface area contributed by atoms with Gasteiger partial charge >= 0.3 is 6.18 Å². The maximum Gasteiger partial charge on any atom is 0.416 e. The first-order valence-corrected chi connectivity index (χ1v) is 10.4. The second-order valence-electron chi connectivity index (χ2n) is 7.76. The van der Waals surface area contributed by atoms with Crippen molar-refractivity contribution in [1.29, 1.82) is 0 Å². The minimum absolute atomic E-state index is 0.320. The van der Waals surface area contributed by atoms with Gasteiger partial charge in [0.15, 0.2) is 11.5 Å². The summed E-state index contributed by atoms with van der Waals surface area (Å²) in [6.45, 7) is 1.91. The van der Waals surface area contributed by atoms with Crippen molar-refractivity contribution in [2.45, 2.75) is 19.5 Å². The van der Waals surface area contributed by atoms with E-state index in [4.69, 9.17) is 4.74 Å². The Morgan fingerprint density at radius 1 is 1.06 bits per heavy atom. The molecule has 0 aliphatic heterocycles. The van der Waals surface area contributed by atoms with Gasteiger partial charge in [-0.1, -0.05) is 18.2 Å². The van der Waals surface area contributed by atoms with Crippen molar-refractivity contribution in [2.75, 3.05) is 7.11 Å². The van der Waals surface area contributed by atoms with Crippen LogP contribution in [0.3, 0.4) is 0 Å². The Labute approximate surface area is 192 Å². The van der Waals surface area contributed by atoms with Crippen LogP contribution in [0.15, 0.2) is 67.4 Å². The SMILES string of the molecule is COc1cc(Cc2nc3c(-c4cccc(C(F)(F)F)c4)nccn3n2)ccc1-n1cnc(C)c1. The number of nitrogens with zero attached hydrogens (tertiary/aromatic N) is 6. The number of methoxy groups -OCH3 is 1. The summed E-state index contributed by atoms with van der Waals surface area (Å²) < 4.78 is 48.5. The van der Waals surface area contributed by atoms with Gasteiger partial charge in [-0.2, -0.15) is 18.3 Å². The smallest absolute Gasteiger partial charge is 0.416 e. The Kier molecular flexibility index (Phi) is 5.27. The second kappa shape index (κ2) is 8.29. The van der Waals surface area contributed by atoms with Crippen molar-refractivity contribution in [1.82, 2.24) is 29.1 Å². The number of imidazole rings is 1. The van der Waals surface area contributed by atoms with Gasteiger partial charge in [-0.3, -0.25) is 4.98 Å². The van der Waals surface area contributed by atoms with E-state index in [9.17, 15) is 13.2 Å². The molecule has 0 atom stereocenters. The van der Waals surface area contributed by atoms with E-state index in [1.807, 2.05) is 35.9 Å². The summed E-state index contributed by atoms with van der Waals surface area (Å²) in [5, 5.41) is 4.49. The van der Waals surface area contributed by atoms with E-state index >= 15 is 0 Å². The molecule has 0 saturated heterocycles. The summed E-state index contributed by atoms with van der Waals surface area (Å²) in [5.41, 5.74) is 2.96. The molecule has 0 aliphatic carbocycles. The number of alkyl halides is 3. The fourth-order valence-electron chi connectivity index (χ4n) is 3.76. The molecule has 7 nitrogen and oxygen atoms in total. The Balaban J connectivity index is 1.48. The van der Waals surface area contributed by atoms with Crippen LogP contribution >= 0.6 is 0 Å². The van der Waals surface area contributed by atoms with Crippen LogP contribution in [0.25, 0.3) is 22.6 Å². The normalized spacial score (nSPS) is 11.8. The molecule has 0 amide bonds.